The molecule has 0 bridgehead atoms. The Balaban J connectivity index is 1.86. The molecule has 0 saturated heterocycles. The molecule has 0 spiro atoms. The topological polar surface area (TPSA) is 75.6 Å². The molecule has 0 aliphatic heterocycles. The number of nitrogens with one attached hydrogen (secondary N) is 1. The first-order chi connectivity index (χ1) is 9.47. The summed E-state index contributed by atoms with van der Waals surface area (Å²) in [7, 11) is 0. The molecule has 1 aliphatic rings. The first kappa shape index (κ1) is 14.7. The highest BCUT2D eigenvalue weighted by molar-refractivity contribution is 6.32. The lowest BCUT2D eigenvalue weighted by atomic mass is 10.2. The van der Waals surface area contributed by atoms with E-state index in [0.717, 1.165) is 12.8 Å². The van der Waals surface area contributed by atoms with Gasteiger partial charge in [-0.1, -0.05) is 11.6 Å². The number of ether oxygens (including phenoxy) is 1. The van der Waals surface area contributed by atoms with E-state index >= 15 is 0 Å². The highest BCUT2D eigenvalue weighted by atomic mass is 35.5. The van der Waals surface area contributed by atoms with E-state index < -0.39 is 5.97 Å². The van der Waals surface area contributed by atoms with Gasteiger partial charge in [-0.3, -0.25) is 4.79 Å². The lowest BCUT2D eigenvalue weighted by molar-refractivity contribution is -0.123. The zero-order valence-electron chi connectivity index (χ0n) is 11.1. The van der Waals surface area contributed by atoms with Crippen LogP contribution in [0.2, 0.25) is 5.02 Å². The quantitative estimate of drug-likeness (QED) is 0.845. The van der Waals surface area contributed by atoms with Crippen LogP contribution in [0.4, 0.5) is 0 Å². The van der Waals surface area contributed by atoms with Crippen molar-refractivity contribution >= 4 is 23.5 Å². The fraction of sp³-hybridized carbons (Fsp3) is 0.429. The summed E-state index contributed by atoms with van der Waals surface area (Å²) in [6, 6.07) is 4.29. The van der Waals surface area contributed by atoms with Gasteiger partial charge in [-0.25, -0.2) is 4.79 Å². The summed E-state index contributed by atoms with van der Waals surface area (Å²) in [6.07, 6.45) is 2.32. The third-order valence-corrected chi connectivity index (χ3v) is 3.55. The van der Waals surface area contributed by atoms with Crippen molar-refractivity contribution in [2.24, 2.45) is 5.92 Å². The first-order valence-corrected chi connectivity index (χ1v) is 6.80. The summed E-state index contributed by atoms with van der Waals surface area (Å²) >= 11 is 5.90. The van der Waals surface area contributed by atoms with Crippen LogP contribution in [0.25, 0.3) is 0 Å². The number of benzene rings is 1. The van der Waals surface area contributed by atoms with Crippen LogP contribution in [0, 0.1) is 5.92 Å². The summed E-state index contributed by atoms with van der Waals surface area (Å²) in [4.78, 5) is 22.4. The smallest absolute Gasteiger partial charge is 0.335 e. The predicted octanol–water partition coefficient (Wildman–Crippen LogP) is 2.33. The Labute approximate surface area is 121 Å². The van der Waals surface area contributed by atoms with Crippen LogP contribution in [0.15, 0.2) is 18.2 Å². The largest absolute Gasteiger partial charge is 0.482 e. The average molecular weight is 298 g/mol. The maximum atomic E-state index is 11.7. The van der Waals surface area contributed by atoms with Crippen molar-refractivity contribution in [3.05, 3.63) is 28.8 Å². The van der Waals surface area contributed by atoms with Crippen LogP contribution in [-0.4, -0.2) is 29.6 Å². The Kier molecular flexibility index (Phi) is 4.49. The van der Waals surface area contributed by atoms with Crippen molar-refractivity contribution in [2.75, 3.05) is 6.61 Å². The average Bonchev–Trinajstić information content (AvgIpc) is 3.21. The molecule has 1 aliphatic carbocycles. The fourth-order valence-corrected chi connectivity index (χ4v) is 2.14. The van der Waals surface area contributed by atoms with Crippen LogP contribution < -0.4 is 10.1 Å². The summed E-state index contributed by atoms with van der Waals surface area (Å²) in [5.41, 5.74) is 0.0779. The molecule has 108 valence electrons. The van der Waals surface area contributed by atoms with Gasteiger partial charge in [-0.2, -0.15) is 0 Å². The molecule has 1 amide bonds. The van der Waals surface area contributed by atoms with Crippen LogP contribution in [-0.2, 0) is 4.79 Å². The number of carbonyl (C=O) groups is 2. The summed E-state index contributed by atoms with van der Waals surface area (Å²) < 4.78 is 5.30. The minimum atomic E-state index is -1.06. The number of carboxylic acid groups (broad SMARTS) is 1. The van der Waals surface area contributed by atoms with E-state index in [1.807, 2.05) is 6.92 Å². The van der Waals surface area contributed by atoms with Crippen molar-refractivity contribution < 1.29 is 19.4 Å². The van der Waals surface area contributed by atoms with E-state index in [0.29, 0.717) is 11.7 Å². The minimum Gasteiger partial charge on any atom is -0.482 e. The molecule has 2 rings (SSSR count). The Morgan fingerprint density at radius 1 is 1.50 bits per heavy atom. The van der Waals surface area contributed by atoms with E-state index in [1.54, 1.807) is 0 Å². The molecule has 1 saturated carbocycles. The third-order valence-electron chi connectivity index (χ3n) is 3.26. The second-order valence-electron chi connectivity index (χ2n) is 4.93. The SMILES string of the molecule is CC(NC(=O)COc1ccc(C(=O)O)cc1Cl)C1CC1. The Bertz CT molecular complexity index is 528. The van der Waals surface area contributed by atoms with Gasteiger partial charge in [0.15, 0.2) is 6.61 Å². The highest BCUT2D eigenvalue weighted by Gasteiger charge is 2.28. The Morgan fingerprint density at radius 2 is 2.20 bits per heavy atom. The molecule has 1 aromatic rings. The van der Waals surface area contributed by atoms with Crippen LogP contribution in [0.5, 0.6) is 5.75 Å². The highest BCUT2D eigenvalue weighted by Crippen LogP contribution is 2.32. The number of hydrogen-bond donors (Lipinski definition) is 2. The number of carbonyl (C=O) groups excluding carboxylic acids is 1. The molecule has 6 heteroatoms. The van der Waals surface area contributed by atoms with Gasteiger partial charge in [0.25, 0.3) is 5.91 Å². The van der Waals surface area contributed by atoms with E-state index in [-0.39, 0.29) is 29.1 Å². The van der Waals surface area contributed by atoms with E-state index in [1.165, 1.54) is 18.2 Å². The number of rotatable bonds is 6. The van der Waals surface area contributed by atoms with Gasteiger partial charge >= 0.3 is 5.97 Å². The van der Waals surface area contributed by atoms with E-state index in [2.05, 4.69) is 5.32 Å². The molecule has 0 radical (unpaired) electrons. The lowest BCUT2D eigenvalue weighted by Gasteiger charge is -2.13. The van der Waals surface area contributed by atoms with E-state index in [4.69, 9.17) is 21.4 Å². The van der Waals surface area contributed by atoms with Crippen molar-refractivity contribution in [3.8, 4) is 5.75 Å². The first-order valence-electron chi connectivity index (χ1n) is 6.42. The minimum absolute atomic E-state index is 0.0779. The predicted molar refractivity (Wildman–Crippen MR) is 74.2 cm³/mol. The normalized spacial score (nSPS) is 15.5. The van der Waals surface area contributed by atoms with Gasteiger partial charge in [0.1, 0.15) is 5.75 Å². The van der Waals surface area contributed by atoms with Gasteiger partial charge in [-0.15, -0.1) is 0 Å². The number of hydrogen-bond acceptors (Lipinski definition) is 3. The molecular weight excluding hydrogens is 282 g/mol. The van der Waals surface area contributed by atoms with Crippen molar-refractivity contribution in [2.45, 2.75) is 25.8 Å². The maximum absolute atomic E-state index is 11.7. The van der Waals surface area contributed by atoms with Gasteiger partial charge in [0.05, 0.1) is 10.6 Å². The molecular formula is C14H16ClNO4. The van der Waals surface area contributed by atoms with Crippen molar-refractivity contribution in [1.82, 2.24) is 5.32 Å². The fourth-order valence-electron chi connectivity index (χ4n) is 1.90. The summed E-state index contributed by atoms with van der Waals surface area (Å²) in [5, 5.41) is 11.8. The summed E-state index contributed by atoms with van der Waals surface area (Å²) in [6.45, 7) is 1.84. The number of amides is 1. The van der Waals surface area contributed by atoms with Crippen LogP contribution in [0.3, 0.4) is 0 Å². The number of aromatic carboxylic acids is 1. The monoisotopic (exact) mass is 297 g/mol. The molecule has 2 N–H and O–H groups in total. The van der Waals surface area contributed by atoms with Crippen molar-refractivity contribution in [3.63, 3.8) is 0 Å². The van der Waals surface area contributed by atoms with Crippen LogP contribution in [0.1, 0.15) is 30.1 Å². The second-order valence-corrected chi connectivity index (χ2v) is 5.34. The van der Waals surface area contributed by atoms with Crippen molar-refractivity contribution in [1.29, 1.82) is 0 Å². The number of carboxylic acids is 1. The summed E-state index contributed by atoms with van der Waals surface area (Å²) in [5.74, 6) is -0.388. The van der Waals surface area contributed by atoms with Gasteiger partial charge < -0.3 is 15.2 Å². The second kappa shape index (κ2) is 6.13. The molecule has 1 atom stereocenters. The van der Waals surface area contributed by atoms with Crippen LogP contribution >= 0.6 is 11.6 Å². The van der Waals surface area contributed by atoms with Gasteiger partial charge in [0, 0.05) is 6.04 Å². The molecule has 0 heterocycles. The number of halogens is 1. The Morgan fingerprint density at radius 3 is 2.75 bits per heavy atom. The zero-order chi connectivity index (χ0) is 14.7. The molecule has 20 heavy (non-hydrogen) atoms. The Hall–Kier alpha value is -1.75. The van der Waals surface area contributed by atoms with E-state index in [9.17, 15) is 9.59 Å². The lowest BCUT2D eigenvalue weighted by Crippen LogP contribution is -2.37. The molecule has 0 aromatic heterocycles. The maximum Gasteiger partial charge on any atom is 0.335 e. The third kappa shape index (κ3) is 3.87. The van der Waals surface area contributed by atoms with Gasteiger partial charge in [-0.05, 0) is 43.9 Å². The molecule has 1 fully saturated rings. The molecule has 1 unspecified atom stereocenters. The molecule has 5 nitrogen and oxygen atoms in total. The van der Waals surface area contributed by atoms with Gasteiger partial charge in [0.2, 0.25) is 0 Å². The molecule has 1 aromatic carbocycles. The standard InChI is InChI=1S/C14H16ClNO4/c1-8(9-2-3-9)16-13(17)7-20-12-5-4-10(14(18)19)6-11(12)15/h4-6,8-9H,2-3,7H2,1H3,(H,16,17)(H,18,19). The zero-order valence-corrected chi connectivity index (χ0v) is 11.8.